The molecular weight excluding hydrogens is 340 g/mol. The Morgan fingerprint density at radius 1 is 1.15 bits per heavy atom. The Labute approximate surface area is 163 Å². The van der Waals surface area contributed by atoms with E-state index in [1.54, 1.807) is 0 Å². The second-order valence-corrected chi connectivity index (χ2v) is 8.61. The molecule has 0 bridgehead atoms. The third-order valence-corrected chi connectivity index (χ3v) is 5.52. The molecular formula is C22H34N2O3. The molecule has 0 aromatic heterocycles. The van der Waals surface area contributed by atoms with Gasteiger partial charge in [-0.1, -0.05) is 12.1 Å². The van der Waals surface area contributed by atoms with Gasteiger partial charge in [0.2, 0.25) is 0 Å². The van der Waals surface area contributed by atoms with Crippen LogP contribution in [0.2, 0.25) is 0 Å². The number of hydrogen-bond donors (Lipinski definition) is 1. The smallest absolute Gasteiger partial charge is 0.253 e. The maximum absolute atomic E-state index is 13.0. The minimum atomic E-state index is -0.662. The number of carbonyl (C=O) groups is 1. The van der Waals surface area contributed by atoms with Crippen LogP contribution >= 0.6 is 0 Å². The molecule has 2 aliphatic heterocycles. The first-order valence-corrected chi connectivity index (χ1v) is 10.4. The Bertz CT molecular complexity index is 603. The summed E-state index contributed by atoms with van der Waals surface area (Å²) in [6.45, 7) is 9.05. The van der Waals surface area contributed by atoms with Gasteiger partial charge in [0.15, 0.2) is 0 Å². The summed E-state index contributed by atoms with van der Waals surface area (Å²) in [6, 6.07) is 7.86. The standard InChI is InChI=1S/C22H34N2O3/c1-22(2,26)11-10-18-6-8-19(9-7-18)21(25)24-14-5-15-27-20(17-24)16-23-12-3-4-13-23/h6-9,20,26H,3-5,10-17H2,1-2H3/t20-/m0/s1. The van der Waals surface area contributed by atoms with Crippen molar-refractivity contribution in [2.24, 2.45) is 0 Å². The molecule has 150 valence electrons. The zero-order chi connectivity index (χ0) is 19.3. The van der Waals surface area contributed by atoms with Crippen molar-refractivity contribution in [3.63, 3.8) is 0 Å². The number of hydrogen-bond acceptors (Lipinski definition) is 4. The highest BCUT2D eigenvalue weighted by atomic mass is 16.5. The van der Waals surface area contributed by atoms with Crippen LogP contribution in [0.25, 0.3) is 0 Å². The Kier molecular flexibility index (Phi) is 6.90. The molecule has 0 radical (unpaired) electrons. The van der Waals surface area contributed by atoms with Crippen LogP contribution in [0.15, 0.2) is 24.3 Å². The normalized spacial score (nSPS) is 22.0. The van der Waals surface area contributed by atoms with E-state index in [2.05, 4.69) is 4.90 Å². The van der Waals surface area contributed by atoms with Gasteiger partial charge in [0.1, 0.15) is 0 Å². The molecule has 2 saturated heterocycles. The van der Waals surface area contributed by atoms with Crippen LogP contribution < -0.4 is 0 Å². The monoisotopic (exact) mass is 374 g/mol. The predicted molar refractivity (Wildman–Crippen MR) is 107 cm³/mol. The Morgan fingerprint density at radius 2 is 1.85 bits per heavy atom. The van der Waals surface area contributed by atoms with E-state index in [1.807, 2.05) is 43.0 Å². The molecule has 0 unspecified atom stereocenters. The molecule has 5 nitrogen and oxygen atoms in total. The SMILES string of the molecule is CC(C)(O)CCc1ccc(C(=O)N2CCCO[C@@H](CN3CCCC3)C2)cc1. The van der Waals surface area contributed by atoms with E-state index in [9.17, 15) is 9.90 Å². The lowest BCUT2D eigenvalue weighted by atomic mass is 9.98. The number of benzene rings is 1. The summed E-state index contributed by atoms with van der Waals surface area (Å²) >= 11 is 0. The predicted octanol–water partition coefficient (Wildman–Crippen LogP) is 2.72. The summed E-state index contributed by atoms with van der Waals surface area (Å²) in [5.41, 5.74) is 1.23. The van der Waals surface area contributed by atoms with Crippen LogP contribution in [0.4, 0.5) is 0 Å². The van der Waals surface area contributed by atoms with Gasteiger partial charge in [0.05, 0.1) is 11.7 Å². The Morgan fingerprint density at radius 3 is 2.52 bits per heavy atom. The molecule has 27 heavy (non-hydrogen) atoms. The zero-order valence-electron chi connectivity index (χ0n) is 16.8. The van der Waals surface area contributed by atoms with Crippen LogP contribution in [-0.4, -0.2) is 71.8 Å². The van der Waals surface area contributed by atoms with Crippen molar-refractivity contribution >= 4 is 5.91 Å². The lowest BCUT2D eigenvalue weighted by molar-refractivity contribution is 0.0297. The number of amides is 1. The number of rotatable bonds is 6. The van der Waals surface area contributed by atoms with Gasteiger partial charge < -0.3 is 19.6 Å². The van der Waals surface area contributed by atoms with Crippen molar-refractivity contribution < 1.29 is 14.6 Å². The van der Waals surface area contributed by atoms with E-state index in [1.165, 1.54) is 12.8 Å². The Balaban J connectivity index is 1.57. The van der Waals surface area contributed by atoms with Gasteiger partial charge >= 0.3 is 0 Å². The fourth-order valence-corrected chi connectivity index (χ4v) is 3.89. The van der Waals surface area contributed by atoms with Crippen LogP contribution in [0.1, 0.15) is 55.5 Å². The van der Waals surface area contributed by atoms with E-state index in [-0.39, 0.29) is 12.0 Å². The van der Waals surface area contributed by atoms with Crippen molar-refractivity contribution in [2.75, 3.05) is 39.3 Å². The summed E-state index contributed by atoms with van der Waals surface area (Å²) in [6.07, 6.45) is 5.08. The Hall–Kier alpha value is -1.43. The number of aryl methyl sites for hydroxylation is 1. The average molecular weight is 375 g/mol. The molecule has 2 heterocycles. The van der Waals surface area contributed by atoms with Crippen molar-refractivity contribution in [2.45, 2.75) is 57.7 Å². The first-order chi connectivity index (χ1) is 12.9. The summed E-state index contributed by atoms with van der Waals surface area (Å²) in [5.74, 6) is 0.0981. The second-order valence-electron chi connectivity index (χ2n) is 8.61. The lowest BCUT2D eigenvalue weighted by Crippen LogP contribution is -2.41. The zero-order valence-corrected chi connectivity index (χ0v) is 16.8. The van der Waals surface area contributed by atoms with Crippen molar-refractivity contribution in [1.29, 1.82) is 0 Å². The molecule has 2 aliphatic rings. The molecule has 3 rings (SSSR count). The molecule has 1 amide bonds. The van der Waals surface area contributed by atoms with Crippen LogP contribution in [0, 0.1) is 0 Å². The number of carbonyl (C=O) groups excluding carboxylic acids is 1. The maximum atomic E-state index is 13.0. The van der Waals surface area contributed by atoms with Gasteiger partial charge in [-0.25, -0.2) is 0 Å². The highest BCUT2D eigenvalue weighted by molar-refractivity contribution is 5.94. The maximum Gasteiger partial charge on any atom is 0.253 e. The lowest BCUT2D eigenvalue weighted by Gasteiger charge is -2.27. The summed E-state index contributed by atoms with van der Waals surface area (Å²) in [7, 11) is 0. The van der Waals surface area contributed by atoms with Crippen molar-refractivity contribution in [1.82, 2.24) is 9.80 Å². The minimum absolute atomic E-state index is 0.0981. The quantitative estimate of drug-likeness (QED) is 0.832. The van der Waals surface area contributed by atoms with Gasteiger partial charge in [-0.3, -0.25) is 4.79 Å². The van der Waals surface area contributed by atoms with Crippen LogP contribution in [-0.2, 0) is 11.2 Å². The summed E-state index contributed by atoms with van der Waals surface area (Å²) in [5, 5.41) is 9.87. The first-order valence-electron chi connectivity index (χ1n) is 10.4. The second kappa shape index (κ2) is 9.18. The molecule has 5 heteroatoms. The fourth-order valence-electron chi connectivity index (χ4n) is 3.89. The third-order valence-electron chi connectivity index (χ3n) is 5.52. The number of aliphatic hydroxyl groups is 1. The highest BCUT2D eigenvalue weighted by Gasteiger charge is 2.26. The summed E-state index contributed by atoms with van der Waals surface area (Å²) in [4.78, 5) is 17.4. The first kappa shape index (κ1) is 20.3. The van der Waals surface area contributed by atoms with Gasteiger partial charge in [0, 0.05) is 31.8 Å². The van der Waals surface area contributed by atoms with Gasteiger partial charge in [-0.05, 0) is 76.7 Å². The highest BCUT2D eigenvalue weighted by Crippen LogP contribution is 2.17. The fraction of sp³-hybridized carbons (Fsp3) is 0.682. The molecule has 0 saturated carbocycles. The van der Waals surface area contributed by atoms with Crippen LogP contribution in [0.5, 0.6) is 0 Å². The molecule has 0 aliphatic carbocycles. The van der Waals surface area contributed by atoms with E-state index in [0.717, 1.165) is 56.8 Å². The van der Waals surface area contributed by atoms with Crippen molar-refractivity contribution in [3.05, 3.63) is 35.4 Å². The number of nitrogens with zero attached hydrogens (tertiary/aromatic N) is 2. The molecule has 1 aromatic rings. The third kappa shape index (κ3) is 6.30. The van der Waals surface area contributed by atoms with E-state index in [0.29, 0.717) is 13.0 Å². The molecule has 0 spiro atoms. The van der Waals surface area contributed by atoms with E-state index >= 15 is 0 Å². The van der Waals surface area contributed by atoms with Gasteiger partial charge in [-0.2, -0.15) is 0 Å². The molecule has 1 aromatic carbocycles. The number of likely N-dealkylation sites (tertiary alicyclic amines) is 1. The topological polar surface area (TPSA) is 53.0 Å². The minimum Gasteiger partial charge on any atom is -0.390 e. The van der Waals surface area contributed by atoms with Crippen molar-refractivity contribution in [3.8, 4) is 0 Å². The largest absolute Gasteiger partial charge is 0.390 e. The molecule has 1 atom stereocenters. The summed E-state index contributed by atoms with van der Waals surface area (Å²) < 4.78 is 6.00. The van der Waals surface area contributed by atoms with Crippen LogP contribution in [0.3, 0.4) is 0 Å². The number of ether oxygens (including phenoxy) is 1. The molecule has 2 fully saturated rings. The molecule has 1 N–H and O–H groups in total. The van der Waals surface area contributed by atoms with E-state index in [4.69, 9.17) is 4.74 Å². The average Bonchev–Trinajstić information content (AvgIpc) is 3.03. The van der Waals surface area contributed by atoms with E-state index < -0.39 is 5.60 Å². The van der Waals surface area contributed by atoms with Gasteiger partial charge in [-0.15, -0.1) is 0 Å². The van der Waals surface area contributed by atoms with Gasteiger partial charge in [0.25, 0.3) is 5.91 Å².